The molecule has 0 aliphatic heterocycles. The molecule has 0 N–H and O–H groups in total. The van der Waals surface area contributed by atoms with Gasteiger partial charge in [0.05, 0.1) is 0 Å². The molecule has 1 aromatic rings. The predicted octanol–water partition coefficient (Wildman–Crippen LogP) is 2.46. The van der Waals surface area contributed by atoms with E-state index in [2.05, 4.69) is 0 Å². The minimum Gasteiger partial charge on any atom is -0.361 e. The molecule has 0 spiro atoms. The summed E-state index contributed by atoms with van der Waals surface area (Å²) in [6.45, 7) is 6.00. The van der Waals surface area contributed by atoms with E-state index >= 15 is 0 Å². The van der Waals surface area contributed by atoms with Crippen LogP contribution in [0.3, 0.4) is 0 Å². The second-order valence-electron chi connectivity index (χ2n) is 3.59. The quantitative estimate of drug-likeness (QED) is 0.818. The first-order valence-electron chi connectivity index (χ1n) is 5.34. The molecule has 0 fully saturated rings. The van der Waals surface area contributed by atoms with Gasteiger partial charge >= 0.3 is 0 Å². The Balaban J connectivity index is 0.00000106. The summed E-state index contributed by atoms with van der Waals surface area (Å²) in [6, 6.07) is 7.77. The zero-order valence-electron chi connectivity index (χ0n) is 10.7. The van der Waals surface area contributed by atoms with Crippen LogP contribution in [-0.4, -0.2) is 27.6 Å². The van der Waals surface area contributed by atoms with Crippen molar-refractivity contribution in [3.05, 3.63) is 29.8 Å². The number of aryl methyl sites for hydroxylation is 1. The van der Waals surface area contributed by atoms with E-state index in [1.807, 2.05) is 45.0 Å². The SMILES string of the molecule is CC.Cc1ccc(N(C)CS(C)(=O)=O)cc1. The van der Waals surface area contributed by atoms with Crippen molar-refractivity contribution in [1.29, 1.82) is 0 Å². The Hall–Kier alpha value is -1.03. The van der Waals surface area contributed by atoms with Gasteiger partial charge in [0.1, 0.15) is 5.88 Å². The normalized spacial score (nSPS) is 10.3. The molecular formula is C12H21NO2S. The summed E-state index contributed by atoms with van der Waals surface area (Å²) >= 11 is 0. The summed E-state index contributed by atoms with van der Waals surface area (Å²) in [6.07, 6.45) is 1.23. The van der Waals surface area contributed by atoms with Crippen LogP contribution in [-0.2, 0) is 9.84 Å². The van der Waals surface area contributed by atoms with E-state index in [9.17, 15) is 8.42 Å². The van der Waals surface area contributed by atoms with Crippen LogP contribution in [0.15, 0.2) is 24.3 Å². The van der Waals surface area contributed by atoms with Crippen LogP contribution in [0.2, 0.25) is 0 Å². The molecule has 4 heteroatoms. The van der Waals surface area contributed by atoms with Crippen LogP contribution in [0.4, 0.5) is 5.69 Å². The molecule has 0 saturated heterocycles. The van der Waals surface area contributed by atoms with Gasteiger partial charge in [-0.05, 0) is 19.1 Å². The lowest BCUT2D eigenvalue weighted by molar-refractivity contribution is 0.601. The molecule has 0 radical (unpaired) electrons. The van der Waals surface area contributed by atoms with Crippen LogP contribution >= 0.6 is 0 Å². The van der Waals surface area contributed by atoms with Crippen molar-refractivity contribution >= 4 is 15.5 Å². The Bertz CT molecular complexity index is 396. The molecule has 0 aliphatic rings. The Morgan fingerprint density at radius 2 is 1.56 bits per heavy atom. The van der Waals surface area contributed by atoms with Crippen LogP contribution < -0.4 is 4.90 Å². The Kier molecular flexibility index (Phi) is 6.11. The average molecular weight is 243 g/mol. The maximum absolute atomic E-state index is 11.0. The molecule has 0 aliphatic carbocycles. The van der Waals surface area contributed by atoms with Crippen LogP contribution in [0, 0.1) is 6.92 Å². The van der Waals surface area contributed by atoms with Crippen molar-refractivity contribution in [2.24, 2.45) is 0 Å². The van der Waals surface area contributed by atoms with Crippen molar-refractivity contribution in [3.63, 3.8) is 0 Å². The molecule has 1 aromatic carbocycles. The zero-order chi connectivity index (χ0) is 12.8. The highest BCUT2D eigenvalue weighted by Gasteiger charge is 2.07. The number of benzene rings is 1. The highest BCUT2D eigenvalue weighted by molar-refractivity contribution is 7.90. The molecule has 16 heavy (non-hydrogen) atoms. The highest BCUT2D eigenvalue weighted by Crippen LogP contribution is 2.13. The maximum Gasteiger partial charge on any atom is 0.165 e. The third-order valence-corrected chi connectivity index (χ3v) is 2.76. The number of hydrogen-bond donors (Lipinski definition) is 0. The fourth-order valence-corrected chi connectivity index (χ4v) is 2.08. The maximum atomic E-state index is 11.0. The fourth-order valence-electron chi connectivity index (χ4n) is 1.23. The van der Waals surface area contributed by atoms with Crippen molar-refractivity contribution in [3.8, 4) is 0 Å². The molecule has 0 heterocycles. The molecule has 0 amide bonds. The van der Waals surface area contributed by atoms with Gasteiger partial charge in [0, 0.05) is 19.0 Å². The van der Waals surface area contributed by atoms with E-state index in [-0.39, 0.29) is 5.88 Å². The lowest BCUT2D eigenvalue weighted by Gasteiger charge is -2.17. The minimum atomic E-state index is -2.96. The van der Waals surface area contributed by atoms with Gasteiger partial charge in [-0.3, -0.25) is 0 Å². The molecule has 0 saturated carbocycles. The van der Waals surface area contributed by atoms with E-state index in [0.717, 1.165) is 5.69 Å². The molecule has 0 unspecified atom stereocenters. The molecule has 0 bridgehead atoms. The average Bonchev–Trinajstić information content (AvgIpc) is 2.19. The number of sulfone groups is 1. The van der Waals surface area contributed by atoms with Gasteiger partial charge in [0.25, 0.3) is 0 Å². The summed E-state index contributed by atoms with van der Waals surface area (Å²) in [4.78, 5) is 1.72. The van der Waals surface area contributed by atoms with Crippen molar-refractivity contribution < 1.29 is 8.42 Å². The summed E-state index contributed by atoms with van der Waals surface area (Å²) in [5, 5.41) is 0. The smallest absolute Gasteiger partial charge is 0.165 e. The third-order valence-electron chi connectivity index (χ3n) is 1.90. The minimum absolute atomic E-state index is 0.0516. The first-order valence-corrected chi connectivity index (χ1v) is 7.40. The molecule has 92 valence electrons. The Labute approximate surface area is 99.0 Å². The van der Waals surface area contributed by atoms with Gasteiger partial charge < -0.3 is 4.90 Å². The summed E-state index contributed by atoms with van der Waals surface area (Å²) < 4.78 is 22.1. The number of nitrogens with zero attached hydrogens (tertiary/aromatic N) is 1. The van der Waals surface area contributed by atoms with Crippen molar-refractivity contribution in [1.82, 2.24) is 0 Å². The molecule has 0 atom stereocenters. The topological polar surface area (TPSA) is 37.4 Å². The molecular weight excluding hydrogens is 222 g/mol. The third kappa shape index (κ3) is 5.75. The van der Waals surface area contributed by atoms with Gasteiger partial charge in [-0.1, -0.05) is 31.5 Å². The van der Waals surface area contributed by atoms with Crippen LogP contribution in [0.25, 0.3) is 0 Å². The molecule has 1 rings (SSSR count). The summed E-state index contributed by atoms with van der Waals surface area (Å²) in [5.74, 6) is 0.0516. The van der Waals surface area contributed by atoms with E-state index in [1.165, 1.54) is 11.8 Å². The highest BCUT2D eigenvalue weighted by atomic mass is 32.2. The van der Waals surface area contributed by atoms with Crippen LogP contribution in [0.1, 0.15) is 19.4 Å². The van der Waals surface area contributed by atoms with E-state index in [4.69, 9.17) is 0 Å². The Morgan fingerprint density at radius 3 is 1.94 bits per heavy atom. The standard InChI is InChI=1S/C10H15NO2S.C2H6/c1-9-4-6-10(7-5-9)11(2)8-14(3,12)13;1-2/h4-7H,8H2,1-3H3;1-2H3. The largest absolute Gasteiger partial charge is 0.361 e. The molecule has 3 nitrogen and oxygen atoms in total. The van der Waals surface area contributed by atoms with Gasteiger partial charge in [-0.25, -0.2) is 8.42 Å². The van der Waals surface area contributed by atoms with Gasteiger partial charge in [-0.2, -0.15) is 0 Å². The number of anilines is 1. The lowest BCUT2D eigenvalue weighted by Crippen LogP contribution is -2.24. The van der Waals surface area contributed by atoms with Gasteiger partial charge in [0.15, 0.2) is 9.84 Å². The summed E-state index contributed by atoms with van der Waals surface area (Å²) in [7, 11) is -1.19. The van der Waals surface area contributed by atoms with Crippen molar-refractivity contribution in [2.45, 2.75) is 20.8 Å². The van der Waals surface area contributed by atoms with E-state index < -0.39 is 9.84 Å². The summed E-state index contributed by atoms with van der Waals surface area (Å²) in [5.41, 5.74) is 2.09. The first kappa shape index (κ1) is 15.0. The monoisotopic (exact) mass is 243 g/mol. The van der Waals surface area contributed by atoms with Crippen LogP contribution in [0.5, 0.6) is 0 Å². The van der Waals surface area contributed by atoms with Gasteiger partial charge in [0.2, 0.25) is 0 Å². The second-order valence-corrected chi connectivity index (χ2v) is 5.70. The second kappa shape index (κ2) is 6.53. The van der Waals surface area contributed by atoms with E-state index in [1.54, 1.807) is 11.9 Å². The Morgan fingerprint density at radius 1 is 1.12 bits per heavy atom. The first-order chi connectivity index (χ1) is 7.38. The number of hydrogen-bond acceptors (Lipinski definition) is 3. The molecule has 0 aromatic heterocycles. The number of rotatable bonds is 3. The lowest BCUT2D eigenvalue weighted by atomic mass is 10.2. The van der Waals surface area contributed by atoms with E-state index in [0.29, 0.717) is 0 Å². The zero-order valence-corrected chi connectivity index (χ0v) is 11.5. The fraction of sp³-hybridized carbons (Fsp3) is 0.500. The predicted molar refractivity (Wildman–Crippen MR) is 70.6 cm³/mol. The van der Waals surface area contributed by atoms with Gasteiger partial charge in [-0.15, -0.1) is 0 Å². The van der Waals surface area contributed by atoms with Crippen molar-refractivity contribution in [2.75, 3.05) is 24.1 Å².